The molecule has 0 saturated carbocycles. The average molecular weight is 324 g/mol. The average Bonchev–Trinajstić information content (AvgIpc) is 2.67. The van der Waals surface area contributed by atoms with Gasteiger partial charge in [-0.15, -0.1) is 0 Å². The number of pyridine rings is 1. The molecule has 5 nitrogen and oxygen atoms in total. The molecular weight excluding hydrogens is 300 g/mol. The van der Waals surface area contributed by atoms with Gasteiger partial charge in [-0.05, 0) is 23.6 Å². The predicted molar refractivity (Wildman–Crippen MR) is 96.3 cm³/mol. The van der Waals surface area contributed by atoms with Crippen molar-refractivity contribution in [2.75, 3.05) is 37.6 Å². The number of anilines is 1. The van der Waals surface area contributed by atoms with Gasteiger partial charge in [-0.25, -0.2) is 4.79 Å². The maximum absolute atomic E-state index is 12.4. The molecule has 0 bridgehead atoms. The lowest BCUT2D eigenvalue weighted by Crippen LogP contribution is -2.52. The highest BCUT2D eigenvalue weighted by Gasteiger charge is 2.21. The number of aromatic nitrogens is 1. The van der Waals surface area contributed by atoms with Crippen LogP contribution in [0.2, 0.25) is 0 Å². The van der Waals surface area contributed by atoms with E-state index in [9.17, 15) is 4.79 Å². The Morgan fingerprint density at radius 3 is 2.54 bits per heavy atom. The molecule has 0 aliphatic carbocycles. The van der Waals surface area contributed by atoms with Crippen LogP contribution >= 0.6 is 0 Å². The van der Waals surface area contributed by atoms with Crippen LogP contribution in [0.5, 0.6) is 0 Å². The van der Waals surface area contributed by atoms with Crippen molar-refractivity contribution in [1.29, 1.82) is 0 Å². The molecule has 1 aliphatic rings. The molecular formula is C19H24N4O. The second-order valence-electron chi connectivity index (χ2n) is 6.18. The summed E-state index contributed by atoms with van der Waals surface area (Å²) in [6.45, 7) is 5.95. The number of nitrogens with one attached hydrogen (secondary N) is 1. The Hall–Kier alpha value is -2.56. The third-order valence-corrected chi connectivity index (χ3v) is 4.51. The lowest BCUT2D eigenvalue weighted by Gasteiger charge is -2.36. The molecule has 1 N–H and O–H groups in total. The van der Waals surface area contributed by atoms with Gasteiger partial charge in [-0.1, -0.05) is 37.3 Å². The Labute approximate surface area is 143 Å². The second-order valence-corrected chi connectivity index (χ2v) is 6.18. The van der Waals surface area contributed by atoms with Crippen LogP contribution in [-0.4, -0.2) is 48.6 Å². The van der Waals surface area contributed by atoms with Crippen molar-refractivity contribution >= 4 is 11.7 Å². The summed E-state index contributed by atoms with van der Waals surface area (Å²) in [4.78, 5) is 20.7. The topological polar surface area (TPSA) is 48.5 Å². The Morgan fingerprint density at radius 1 is 1.12 bits per heavy atom. The molecule has 2 amide bonds. The molecule has 3 rings (SSSR count). The zero-order valence-electron chi connectivity index (χ0n) is 14.1. The molecule has 0 radical (unpaired) electrons. The molecule has 1 aromatic heterocycles. The Kier molecular flexibility index (Phi) is 5.31. The molecule has 1 aliphatic heterocycles. The van der Waals surface area contributed by atoms with Crippen molar-refractivity contribution in [3.05, 3.63) is 60.4 Å². The van der Waals surface area contributed by atoms with E-state index in [1.54, 1.807) is 6.20 Å². The van der Waals surface area contributed by atoms with Gasteiger partial charge >= 0.3 is 6.03 Å². The van der Waals surface area contributed by atoms with Crippen LogP contribution in [0.4, 0.5) is 10.5 Å². The lowest BCUT2D eigenvalue weighted by atomic mass is 10.0. The van der Waals surface area contributed by atoms with E-state index in [-0.39, 0.29) is 6.03 Å². The first-order valence-electron chi connectivity index (χ1n) is 8.47. The molecule has 1 saturated heterocycles. The normalized spacial score (nSPS) is 15.9. The Balaban J connectivity index is 1.45. The SMILES string of the molecule is C[C@@H](CNC(=O)N1CCN(c2cccnc2)CC1)c1ccccc1. The van der Waals surface area contributed by atoms with E-state index < -0.39 is 0 Å². The van der Waals surface area contributed by atoms with Crippen molar-refractivity contribution in [2.24, 2.45) is 0 Å². The number of benzene rings is 1. The highest BCUT2D eigenvalue weighted by molar-refractivity contribution is 5.74. The number of piperazine rings is 1. The summed E-state index contributed by atoms with van der Waals surface area (Å²) >= 11 is 0. The summed E-state index contributed by atoms with van der Waals surface area (Å²) in [5.74, 6) is 0.312. The van der Waals surface area contributed by atoms with Gasteiger partial charge in [-0.3, -0.25) is 4.98 Å². The van der Waals surface area contributed by atoms with Crippen molar-refractivity contribution in [3.8, 4) is 0 Å². The second kappa shape index (κ2) is 7.81. The zero-order valence-corrected chi connectivity index (χ0v) is 14.1. The number of hydrogen-bond acceptors (Lipinski definition) is 3. The minimum atomic E-state index is 0.0311. The van der Waals surface area contributed by atoms with Gasteiger partial charge in [0.2, 0.25) is 0 Å². The summed E-state index contributed by atoms with van der Waals surface area (Å²) in [5.41, 5.74) is 2.37. The van der Waals surface area contributed by atoms with Crippen LogP contribution < -0.4 is 10.2 Å². The first kappa shape index (κ1) is 16.3. The van der Waals surface area contributed by atoms with Crippen LogP contribution in [-0.2, 0) is 0 Å². The van der Waals surface area contributed by atoms with E-state index >= 15 is 0 Å². The summed E-state index contributed by atoms with van der Waals surface area (Å²) in [6, 6.07) is 14.3. The van der Waals surface area contributed by atoms with Gasteiger partial charge in [0.25, 0.3) is 0 Å². The highest BCUT2D eigenvalue weighted by atomic mass is 16.2. The zero-order chi connectivity index (χ0) is 16.8. The molecule has 0 spiro atoms. The number of carbonyl (C=O) groups is 1. The third kappa shape index (κ3) is 4.04. The van der Waals surface area contributed by atoms with Gasteiger partial charge in [0.15, 0.2) is 0 Å². The van der Waals surface area contributed by atoms with Crippen molar-refractivity contribution in [3.63, 3.8) is 0 Å². The van der Waals surface area contributed by atoms with Crippen LogP contribution in [0.1, 0.15) is 18.4 Å². The Bertz CT molecular complexity index is 639. The maximum atomic E-state index is 12.4. The molecule has 1 atom stereocenters. The first-order chi connectivity index (χ1) is 11.7. The standard InChI is InChI=1S/C19H24N4O/c1-16(17-6-3-2-4-7-17)14-21-19(24)23-12-10-22(11-13-23)18-8-5-9-20-15-18/h2-9,15-16H,10-14H2,1H3,(H,21,24)/t16-/m0/s1. The molecule has 1 aromatic carbocycles. The van der Waals surface area contributed by atoms with Crippen LogP contribution in [0, 0.1) is 0 Å². The maximum Gasteiger partial charge on any atom is 0.317 e. The fraction of sp³-hybridized carbons (Fsp3) is 0.368. The van der Waals surface area contributed by atoms with E-state index in [0.717, 1.165) is 31.9 Å². The summed E-state index contributed by atoms with van der Waals surface area (Å²) < 4.78 is 0. The fourth-order valence-electron chi connectivity index (χ4n) is 2.96. The van der Waals surface area contributed by atoms with Gasteiger partial charge in [0, 0.05) is 38.9 Å². The largest absolute Gasteiger partial charge is 0.367 e. The number of nitrogens with zero attached hydrogens (tertiary/aromatic N) is 3. The minimum absolute atomic E-state index is 0.0311. The van der Waals surface area contributed by atoms with E-state index in [1.165, 1.54) is 5.56 Å². The van der Waals surface area contributed by atoms with Crippen molar-refractivity contribution < 1.29 is 4.79 Å². The number of carbonyl (C=O) groups excluding carboxylic acids is 1. The summed E-state index contributed by atoms with van der Waals surface area (Å²) in [6.07, 6.45) is 3.65. The van der Waals surface area contributed by atoms with E-state index in [1.807, 2.05) is 35.4 Å². The molecule has 24 heavy (non-hydrogen) atoms. The Morgan fingerprint density at radius 2 is 1.88 bits per heavy atom. The van der Waals surface area contributed by atoms with Gasteiger partial charge in [0.05, 0.1) is 11.9 Å². The van der Waals surface area contributed by atoms with Crippen LogP contribution in [0.25, 0.3) is 0 Å². The minimum Gasteiger partial charge on any atom is -0.367 e. The van der Waals surface area contributed by atoms with E-state index in [0.29, 0.717) is 12.5 Å². The van der Waals surface area contributed by atoms with Crippen LogP contribution in [0.3, 0.4) is 0 Å². The number of amides is 2. The van der Waals surface area contributed by atoms with E-state index in [2.05, 4.69) is 40.3 Å². The lowest BCUT2D eigenvalue weighted by molar-refractivity contribution is 0.194. The monoisotopic (exact) mass is 324 g/mol. The summed E-state index contributed by atoms with van der Waals surface area (Å²) in [7, 11) is 0. The molecule has 5 heteroatoms. The third-order valence-electron chi connectivity index (χ3n) is 4.51. The van der Waals surface area contributed by atoms with Crippen LogP contribution in [0.15, 0.2) is 54.9 Å². The summed E-state index contributed by atoms with van der Waals surface area (Å²) in [5, 5.41) is 3.06. The van der Waals surface area contributed by atoms with Gasteiger partial charge < -0.3 is 15.1 Å². The number of rotatable bonds is 4. The molecule has 1 fully saturated rings. The molecule has 2 aromatic rings. The quantitative estimate of drug-likeness (QED) is 0.941. The first-order valence-corrected chi connectivity index (χ1v) is 8.47. The fourth-order valence-corrected chi connectivity index (χ4v) is 2.96. The van der Waals surface area contributed by atoms with Crippen molar-refractivity contribution in [2.45, 2.75) is 12.8 Å². The van der Waals surface area contributed by atoms with Crippen molar-refractivity contribution in [1.82, 2.24) is 15.2 Å². The highest BCUT2D eigenvalue weighted by Crippen LogP contribution is 2.15. The van der Waals surface area contributed by atoms with Gasteiger partial charge in [-0.2, -0.15) is 0 Å². The molecule has 126 valence electrons. The molecule has 2 heterocycles. The van der Waals surface area contributed by atoms with Gasteiger partial charge in [0.1, 0.15) is 0 Å². The number of urea groups is 1. The smallest absolute Gasteiger partial charge is 0.317 e. The van der Waals surface area contributed by atoms with E-state index in [4.69, 9.17) is 0 Å². The molecule has 0 unspecified atom stereocenters. The number of hydrogen-bond donors (Lipinski definition) is 1. The predicted octanol–water partition coefficient (Wildman–Crippen LogP) is 2.72.